The van der Waals surface area contributed by atoms with Gasteiger partial charge in [0.2, 0.25) is 5.88 Å². The van der Waals surface area contributed by atoms with Crippen LogP contribution in [0.1, 0.15) is 0 Å². The molecular weight excluding hydrogens is 228 g/mol. The number of hydrogen-bond donors (Lipinski definition) is 1. The van der Waals surface area contributed by atoms with E-state index in [9.17, 15) is 17.6 Å². The summed E-state index contributed by atoms with van der Waals surface area (Å²) in [6, 6.07) is 1.07. The Kier molecular flexibility index (Phi) is 2.30. The van der Waals surface area contributed by atoms with E-state index >= 15 is 0 Å². The first-order valence-corrected chi connectivity index (χ1v) is 4.06. The molecule has 0 bridgehead atoms. The highest BCUT2D eigenvalue weighted by Crippen LogP contribution is 2.29. The third kappa shape index (κ3) is 1.50. The predicted octanol–water partition coefficient (Wildman–Crippen LogP) is 2.48. The number of anilines is 1. The first kappa shape index (κ1) is 10.5. The van der Waals surface area contributed by atoms with E-state index in [2.05, 4.69) is 9.68 Å². The Labute approximate surface area is 86.5 Å². The van der Waals surface area contributed by atoms with Gasteiger partial charge in [0.1, 0.15) is 5.69 Å². The molecule has 0 atom stereocenters. The van der Waals surface area contributed by atoms with Gasteiger partial charge in [-0.2, -0.15) is 0 Å². The van der Waals surface area contributed by atoms with Gasteiger partial charge in [-0.3, -0.25) is 0 Å². The summed E-state index contributed by atoms with van der Waals surface area (Å²) in [5, 5.41) is 3.18. The Bertz CT molecular complexity index is 526. The van der Waals surface area contributed by atoms with Crippen LogP contribution < -0.4 is 5.73 Å². The van der Waals surface area contributed by atoms with E-state index < -0.39 is 34.5 Å². The fraction of sp³-hybridized carbons (Fsp3) is 0. The fourth-order valence-electron chi connectivity index (χ4n) is 1.21. The zero-order chi connectivity index (χ0) is 11.9. The summed E-state index contributed by atoms with van der Waals surface area (Å²) < 4.78 is 56.5. The number of nitrogen functional groups attached to an aromatic ring is 1. The number of aromatic nitrogens is 1. The maximum absolute atomic E-state index is 13.2. The third-order valence-corrected chi connectivity index (χ3v) is 1.90. The van der Waals surface area contributed by atoms with Crippen LogP contribution in [0.15, 0.2) is 16.7 Å². The Hall–Kier alpha value is -2.05. The minimum atomic E-state index is -1.55. The van der Waals surface area contributed by atoms with Crippen molar-refractivity contribution < 1.29 is 22.1 Å². The third-order valence-electron chi connectivity index (χ3n) is 1.90. The van der Waals surface area contributed by atoms with Crippen molar-refractivity contribution in [3.63, 3.8) is 0 Å². The average molecular weight is 232 g/mol. The molecule has 0 fully saturated rings. The molecule has 16 heavy (non-hydrogen) atoms. The van der Waals surface area contributed by atoms with Crippen molar-refractivity contribution in [2.45, 2.75) is 0 Å². The summed E-state index contributed by atoms with van der Waals surface area (Å²) in [6.07, 6.45) is 0. The lowest BCUT2D eigenvalue weighted by atomic mass is 10.1. The van der Waals surface area contributed by atoms with Crippen LogP contribution in [0.25, 0.3) is 11.3 Å². The summed E-state index contributed by atoms with van der Waals surface area (Å²) in [6.45, 7) is 0. The van der Waals surface area contributed by atoms with E-state index in [1.165, 1.54) is 0 Å². The van der Waals surface area contributed by atoms with Crippen molar-refractivity contribution >= 4 is 5.88 Å². The molecule has 2 N–H and O–H groups in total. The number of benzene rings is 1. The Morgan fingerprint density at radius 2 is 1.56 bits per heavy atom. The van der Waals surface area contributed by atoms with E-state index in [4.69, 9.17) is 5.73 Å². The summed E-state index contributed by atoms with van der Waals surface area (Å²) in [5.41, 5.74) is 3.77. The molecule has 2 aromatic rings. The van der Waals surface area contributed by atoms with Crippen molar-refractivity contribution in [2.24, 2.45) is 0 Å². The summed E-state index contributed by atoms with van der Waals surface area (Å²) in [5.74, 6) is -6.36. The quantitative estimate of drug-likeness (QED) is 0.607. The van der Waals surface area contributed by atoms with Gasteiger partial charge in [-0.1, -0.05) is 5.16 Å². The van der Waals surface area contributed by atoms with E-state index in [-0.39, 0.29) is 12.0 Å². The zero-order valence-corrected chi connectivity index (χ0v) is 7.60. The van der Waals surface area contributed by atoms with Crippen molar-refractivity contribution in [1.29, 1.82) is 0 Å². The largest absolute Gasteiger partial charge is 0.368 e. The SMILES string of the molecule is Nc1cc(-c2c(F)c(F)cc(F)c2F)no1. The summed E-state index contributed by atoms with van der Waals surface area (Å²) in [4.78, 5) is 0. The van der Waals surface area contributed by atoms with Crippen molar-refractivity contribution in [3.8, 4) is 11.3 Å². The van der Waals surface area contributed by atoms with Crippen LogP contribution >= 0.6 is 0 Å². The molecule has 84 valence electrons. The number of rotatable bonds is 1. The molecule has 1 aromatic heterocycles. The maximum Gasteiger partial charge on any atom is 0.222 e. The molecule has 0 aliphatic heterocycles. The summed E-state index contributed by atoms with van der Waals surface area (Å²) >= 11 is 0. The lowest BCUT2D eigenvalue weighted by molar-refractivity contribution is 0.432. The van der Waals surface area contributed by atoms with Crippen molar-refractivity contribution in [2.75, 3.05) is 5.73 Å². The minimum absolute atomic E-state index is 0.109. The molecule has 2 rings (SSSR count). The second kappa shape index (κ2) is 3.51. The molecule has 7 heteroatoms. The summed E-state index contributed by atoms with van der Waals surface area (Å²) in [7, 11) is 0. The highest BCUT2D eigenvalue weighted by atomic mass is 19.2. The van der Waals surface area contributed by atoms with E-state index in [0.29, 0.717) is 0 Å². The predicted molar refractivity (Wildman–Crippen MR) is 46.2 cm³/mol. The van der Waals surface area contributed by atoms with Gasteiger partial charge in [-0.25, -0.2) is 17.6 Å². The Morgan fingerprint density at radius 1 is 1.00 bits per heavy atom. The zero-order valence-electron chi connectivity index (χ0n) is 7.60. The van der Waals surface area contributed by atoms with Crippen LogP contribution in [0, 0.1) is 23.3 Å². The molecule has 0 saturated heterocycles. The fourth-order valence-corrected chi connectivity index (χ4v) is 1.21. The van der Waals surface area contributed by atoms with Gasteiger partial charge in [-0.15, -0.1) is 0 Å². The minimum Gasteiger partial charge on any atom is -0.368 e. The molecule has 0 amide bonds. The molecule has 3 nitrogen and oxygen atoms in total. The van der Waals surface area contributed by atoms with Crippen LogP contribution in [0.4, 0.5) is 23.4 Å². The molecule has 0 aliphatic carbocycles. The Balaban J connectivity index is 2.73. The number of nitrogens with zero attached hydrogens (tertiary/aromatic N) is 1. The molecule has 0 radical (unpaired) electrons. The molecule has 1 aromatic carbocycles. The molecule has 0 saturated carbocycles. The average Bonchev–Trinajstić information content (AvgIpc) is 2.62. The van der Waals surface area contributed by atoms with Crippen LogP contribution in [-0.2, 0) is 0 Å². The molecule has 0 spiro atoms. The highest BCUT2D eigenvalue weighted by Gasteiger charge is 2.22. The van der Waals surface area contributed by atoms with Gasteiger partial charge >= 0.3 is 0 Å². The topological polar surface area (TPSA) is 52.0 Å². The van der Waals surface area contributed by atoms with Crippen LogP contribution in [0.5, 0.6) is 0 Å². The normalized spacial score (nSPS) is 10.8. The maximum atomic E-state index is 13.2. The van der Waals surface area contributed by atoms with Crippen LogP contribution in [-0.4, -0.2) is 5.16 Å². The molecule has 0 unspecified atom stereocenters. The lowest BCUT2D eigenvalue weighted by Crippen LogP contribution is -1.98. The number of nitrogens with two attached hydrogens (primary N) is 1. The first-order valence-electron chi connectivity index (χ1n) is 4.06. The van der Waals surface area contributed by atoms with Crippen LogP contribution in [0.2, 0.25) is 0 Å². The second-order valence-corrected chi connectivity index (χ2v) is 2.96. The van der Waals surface area contributed by atoms with Crippen molar-refractivity contribution in [3.05, 3.63) is 35.4 Å². The van der Waals surface area contributed by atoms with Gasteiger partial charge in [-0.05, 0) is 0 Å². The Morgan fingerprint density at radius 3 is 2.00 bits per heavy atom. The van der Waals surface area contributed by atoms with Crippen LogP contribution in [0.3, 0.4) is 0 Å². The molecular formula is C9H4F4N2O. The standard InChI is InChI=1S/C9H4F4N2O/c10-3-1-4(11)9(13)7(8(3)12)5-2-6(14)16-15-5/h1-2H,14H2. The van der Waals surface area contributed by atoms with E-state index in [1.54, 1.807) is 0 Å². The van der Waals surface area contributed by atoms with Gasteiger partial charge in [0.05, 0.1) is 5.56 Å². The highest BCUT2D eigenvalue weighted by molar-refractivity contribution is 5.62. The van der Waals surface area contributed by atoms with E-state index in [0.717, 1.165) is 6.07 Å². The second-order valence-electron chi connectivity index (χ2n) is 2.96. The van der Waals surface area contributed by atoms with Gasteiger partial charge in [0.25, 0.3) is 0 Å². The lowest BCUT2D eigenvalue weighted by Gasteiger charge is -2.02. The molecule has 0 aliphatic rings. The van der Waals surface area contributed by atoms with Gasteiger partial charge in [0.15, 0.2) is 23.3 Å². The number of halogens is 4. The molecule has 1 heterocycles. The van der Waals surface area contributed by atoms with E-state index in [1.807, 2.05) is 0 Å². The number of hydrogen-bond acceptors (Lipinski definition) is 3. The first-order chi connectivity index (χ1) is 7.50. The van der Waals surface area contributed by atoms with Gasteiger partial charge in [0, 0.05) is 12.1 Å². The van der Waals surface area contributed by atoms with Gasteiger partial charge < -0.3 is 10.3 Å². The smallest absolute Gasteiger partial charge is 0.222 e. The van der Waals surface area contributed by atoms with Crippen molar-refractivity contribution in [1.82, 2.24) is 5.16 Å². The monoisotopic (exact) mass is 232 g/mol.